The molecule has 10 nitrogen and oxygen atoms in total. The topological polar surface area (TPSA) is 152 Å². The highest BCUT2D eigenvalue weighted by Gasteiger charge is 2.47. The lowest BCUT2D eigenvalue weighted by Crippen LogP contribution is -2.60. The molecule has 118 valence electrons. The number of aliphatic hydroxyl groups excluding tert-OH is 3. The van der Waals surface area contributed by atoms with Crippen molar-refractivity contribution in [3.8, 4) is 0 Å². The van der Waals surface area contributed by atoms with Gasteiger partial charge in [0.25, 0.3) is 0 Å². The summed E-state index contributed by atoms with van der Waals surface area (Å²) < 4.78 is 30.3. The molecule has 11 heteroatoms. The van der Waals surface area contributed by atoms with Crippen molar-refractivity contribution >= 4 is 13.8 Å². The summed E-state index contributed by atoms with van der Waals surface area (Å²) in [7, 11) is -1.69. The smallest absolute Gasteiger partial charge is 0.474 e. The Kier molecular flexibility index (Phi) is 6.05. The molecule has 0 saturated carbocycles. The average molecular weight is 316 g/mol. The van der Waals surface area contributed by atoms with E-state index in [-0.39, 0.29) is 0 Å². The number of phosphoric ester groups is 1. The van der Waals surface area contributed by atoms with Gasteiger partial charge in [0, 0.05) is 14.2 Å². The van der Waals surface area contributed by atoms with E-state index in [1.165, 1.54) is 0 Å². The van der Waals surface area contributed by atoms with Crippen LogP contribution in [0.3, 0.4) is 0 Å². The van der Waals surface area contributed by atoms with Crippen molar-refractivity contribution in [3.05, 3.63) is 0 Å². The first-order valence-electron chi connectivity index (χ1n) is 5.54. The third-order valence-corrected chi connectivity index (χ3v) is 4.16. The number of hydrogen-bond donors (Lipinski definition) is 4. The fourth-order valence-corrected chi connectivity index (χ4v) is 2.33. The number of rotatable bonds is 6. The Morgan fingerprint density at radius 1 is 1.15 bits per heavy atom. The number of ether oxygens (including phenoxy) is 1. The molecule has 1 aliphatic heterocycles. The van der Waals surface area contributed by atoms with Gasteiger partial charge in [-0.05, 0) is 0 Å². The van der Waals surface area contributed by atoms with E-state index in [2.05, 4.69) is 9.05 Å². The molecule has 0 bridgehead atoms. The van der Waals surface area contributed by atoms with Gasteiger partial charge in [-0.3, -0.25) is 13.6 Å². The van der Waals surface area contributed by atoms with E-state index in [4.69, 9.17) is 14.4 Å². The maximum Gasteiger partial charge on any atom is 0.474 e. The summed E-state index contributed by atoms with van der Waals surface area (Å²) in [4.78, 5) is 10.9. The molecule has 1 aliphatic rings. The van der Waals surface area contributed by atoms with Crippen molar-refractivity contribution < 1.29 is 48.1 Å². The molecule has 1 rings (SSSR count). The lowest BCUT2D eigenvalue weighted by atomic mass is 9.95. The van der Waals surface area contributed by atoms with Crippen LogP contribution in [0.15, 0.2) is 0 Å². The number of aliphatic carboxylic acids is 1. The first-order chi connectivity index (χ1) is 9.25. The maximum atomic E-state index is 11.6. The summed E-state index contributed by atoms with van der Waals surface area (Å²) in [6, 6.07) is 0. The molecule has 5 atom stereocenters. The van der Waals surface area contributed by atoms with Crippen LogP contribution in [0.1, 0.15) is 0 Å². The molecule has 1 saturated heterocycles. The minimum Gasteiger partial charge on any atom is -0.479 e. The van der Waals surface area contributed by atoms with E-state index in [1.807, 2.05) is 0 Å². The fraction of sp³-hybridized carbons (Fsp3) is 0.889. The molecule has 4 N–H and O–H groups in total. The number of carbonyl (C=O) groups is 1. The maximum absolute atomic E-state index is 11.6. The van der Waals surface area contributed by atoms with Gasteiger partial charge in [0.2, 0.25) is 0 Å². The second-order valence-electron chi connectivity index (χ2n) is 4.01. The van der Waals surface area contributed by atoms with Crippen molar-refractivity contribution in [1.29, 1.82) is 0 Å². The number of phosphoric acid groups is 1. The first kappa shape index (κ1) is 17.5. The largest absolute Gasteiger partial charge is 0.479 e. The highest BCUT2D eigenvalue weighted by atomic mass is 31.2. The van der Waals surface area contributed by atoms with Gasteiger partial charge in [-0.15, -0.1) is 0 Å². The summed E-state index contributed by atoms with van der Waals surface area (Å²) in [6.45, 7) is -0.562. The van der Waals surface area contributed by atoms with Crippen molar-refractivity contribution in [1.82, 2.24) is 0 Å². The van der Waals surface area contributed by atoms with E-state index >= 15 is 0 Å². The van der Waals surface area contributed by atoms with Crippen LogP contribution >= 0.6 is 7.82 Å². The molecule has 0 spiro atoms. The molecule has 1 fully saturated rings. The minimum atomic E-state index is -3.84. The number of carboxylic acids is 1. The molecule has 0 amide bonds. The summed E-state index contributed by atoms with van der Waals surface area (Å²) in [5.41, 5.74) is 0. The normalized spacial score (nSPS) is 35.0. The van der Waals surface area contributed by atoms with Crippen LogP contribution in [-0.2, 0) is 27.7 Å². The zero-order valence-corrected chi connectivity index (χ0v) is 11.7. The van der Waals surface area contributed by atoms with Crippen molar-refractivity contribution in [3.63, 3.8) is 0 Å². The molecule has 0 aromatic rings. The fourth-order valence-electron chi connectivity index (χ4n) is 1.64. The summed E-state index contributed by atoms with van der Waals surface area (Å²) >= 11 is 0. The van der Waals surface area contributed by atoms with E-state index in [1.54, 1.807) is 0 Å². The van der Waals surface area contributed by atoms with Crippen LogP contribution in [0.5, 0.6) is 0 Å². The van der Waals surface area contributed by atoms with E-state index in [0.29, 0.717) is 0 Å². The third kappa shape index (κ3) is 3.74. The average Bonchev–Trinajstić information content (AvgIpc) is 2.43. The molecule has 0 radical (unpaired) electrons. The van der Waals surface area contributed by atoms with Gasteiger partial charge in [0.05, 0.1) is 6.61 Å². The lowest BCUT2D eigenvalue weighted by Gasteiger charge is -2.38. The molecule has 0 aliphatic carbocycles. The van der Waals surface area contributed by atoms with E-state index in [9.17, 15) is 24.7 Å². The summed E-state index contributed by atoms with van der Waals surface area (Å²) in [5, 5.41) is 37.5. The van der Waals surface area contributed by atoms with Crippen molar-refractivity contribution in [2.45, 2.75) is 30.5 Å². The Morgan fingerprint density at radius 3 is 2.15 bits per heavy atom. The van der Waals surface area contributed by atoms with Crippen LogP contribution in [0.25, 0.3) is 0 Å². The van der Waals surface area contributed by atoms with Gasteiger partial charge in [-0.1, -0.05) is 0 Å². The Balaban J connectivity index is 2.74. The first-order valence-corrected chi connectivity index (χ1v) is 7.00. The molecule has 0 aromatic heterocycles. The zero-order chi connectivity index (χ0) is 15.5. The standard InChI is InChI=1S/C9H17O10P/c1-16-20(15,17-2)18-3-4-5(10)6(11)7(12)8(19-4)9(13)14/h4-8,10-12H,3H2,1-2H3,(H,13,14)/t4?,5-,6+,7?,8+/m1/s1. The molecular formula is C9H17O10P. The second-order valence-corrected chi connectivity index (χ2v) is 5.90. The Morgan fingerprint density at radius 2 is 1.70 bits per heavy atom. The number of carboxylic acid groups (broad SMARTS) is 1. The Hall–Kier alpha value is -0.580. The minimum absolute atomic E-state index is 0.562. The highest BCUT2D eigenvalue weighted by molar-refractivity contribution is 7.48. The van der Waals surface area contributed by atoms with Crippen LogP contribution in [0.2, 0.25) is 0 Å². The quantitative estimate of drug-likeness (QED) is 0.419. The third-order valence-electron chi connectivity index (χ3n) is 2.80. The molecule has 0 aromatic carbocycles. The van der Waals surface area contributed by atoms with Crippen molar-refractivity contribution in [2.24, 2.45) is 0 Å². The zero-order valence-electron chi connectivity index (χ0n) is 10.8. The van der Waals surface area contributed by atoms with Crippen LogP contribution in [-0.4, -0.2) is 77.7 Å². The van der Waals surface area contributed by atoms with E-state index in [0.717, 1.165) is 14.2 Å². The predicted octanol–water partition coefficient (Wildman–Crippen LogP) is -1.66. The van der Waals surface area contributed by atoms with Gasteiger partial charge in [-0.25, -0.2) is 9.36 Å². The molecule has 20 heavy (non-hydrogen) atoms. The summed E-state index contributed by atoms with van der Waals surface area (Å²) in [5.74, 6) is -1.52. The van der Waals surface area contributed by atoms with Crippen LogP contribution in [0.4, 0.5) is 0 Å². The lowest BCUT2D eigenvalue weighted by molar-refractivity contribution is -0.232. The van der Waals surface area contributed by atoms with Gasteiger partial charge >= 0.3 is 13.8 Å². The monoisotopic (exact) mass is 316 g/mol. The number of hydrogen-bond acceptors (Lipinski definition) is 9. The number of aliphatic hydroxyl groups is 3. The van der Waals surface area contributed by atoms with Gasteiger partial charge in [0.1, 0.15) is 24.4 Å². The molecular weight excluding hydrogens is 299 g/mol. The second kappa shape index (κ2) is 6.92. The summed E-state index contributed by atoms with van der Waals surface area (Å²) in [6.07, 6.45) is -8.24. The Bertz CT molecular complexity index is 379. The molecule has 1 heterocycles. The van der Waals surface area contributed by atoms with Crippen molar-refractivity contribution in [2.75, 3.05) is 20.8 Å². The highest BCUT2D eigenvalue weighted by Crippen LogP contribution is 2.47. The molecule has 2 unspecified atom stereocenters. The van der Waals surface area contributed by atoms with Gasteiger partial charge in [0.15, 0.2) is 6.10 Å². The van der Waals surface area contributed by atoms with Crippen LogP contribution < -0.4 is 0 Å². The van der Waals surface area contributed by atoms with Gasteiger partial charge < -0.3 is 25.2 Å². The SMILES string of the molecule is COP(=O)(OC)OCC1O[C@H](C(=O)O)C(O)[C@@H](O)[C@@H]1O. The van der Waals surface area contributed by atoms with Crippen LogP contribution in [0, 0.1) is 0 Å². The Labute approximate surface area is 114 Å². The predicted molar refractivity (Wildman–Crippen MR) is 61.9 cm³/mol. The van der Waals surface area contributed by atoms with Gasteiger partial charge in [-0.2, -0.15) is 0 Å². The van der Waals surface area contributed by atoms with E-state index < -0.39 is 50.9 Å².